The molecule has 7 heteroatoms. The van der Waals surface area contributed by atoms with E-state index in [-0.39, 0.29) is 24.7 Å². The van der Waals surface area contributed by atoms with Crippen molar-refractivity contribution in [2.45, 2.75) is 31.9 Å². The van der Waals surface area contributed by atoms with Crippen LogP contribution in [0.15, 0.2) is 0 Å². The highest BCUT2D eigenvalue weighted by Crippen LogP contribution is 2.25. The molecule has 0 radical (unpaired) electrons. The van der Waals surface area contributed by atoms with Gasteiger partial charge in [0.2, 0.25) is 0 Å². The Balaban J connectivity index is 2.07. The van der Waals surface area contributed by atoms with Crippen LogP contribution in [0.5, 0.6) is 0 Å². The maximum Gasteiger partial charge on any atom is 0.326 e. The third-order valence-electron chi connectivity index (χ3n) is 4.04. The number of carboxylic acid groups (broad SMARTS) is 1. The first-order chi connectivity index (χ1) is 9.54. The van der Waals surface area contributed by atoms with E-state index < -0.39 is 12.0 Å². The summed E-state index contributed by atoms with van der Waals surface area (Å²) < 4.78 is 5.31. The van der Waals surface area contributed by atoms with E-state index >= 15 is 0 Å². The van der Waals surface area contributed by atoms with Gasteiger partial charge in [-0.1, -0.05) is 6.92 Å². The van der Waals surface area contributed by atoms with Crippen molar-refractivity contribution in [1.82, 2.24) is 9.80 Å². The Bertz CT molecular complexity index is 376. The first-order valence-electron chi connectivity index (χ1n) is 7.05. The minimum Gasteiger partial charge on any atom is -0.480 e. The lowest BCUT2D eigenvalue weighted by atomic mass is 9.91. The van der Waals surface area contributed by atoms with Crippen LogP contribution < -0.4 is 0 Å². The zero-order valence-corrected chi connectivity index (χ0v) is 11.7. The van der Waals surface area contributed by atoms with Gasteiger partial charge in [-0.25, -0.2) is 9.59 Å². The van der Waals surface area contributed by atoms with Crippen molar-refractivity contribution in [3.8, 4) is 0 Å². The van der Waals surface area contributed by atoms with Gasteiger partial charge < -0.3 is 24.7 Å². The topological polar surface area (TPSA) is 90.3 Å². The van der Waals surface area contributed by atoms with Crippen molar-refractivity contribution in [3.63, 3.8) is 0 Å². The number of hydrogen-bond acceptors (Lipinski definition) is 4. The fraction of sp³-hybridized carbons (Fsp3) is 0.846. The molecule has 0 aromatic carbocycles. The third kappa shape index (κ3) is 3.04. The van der Waals surface area contributed by atoms with Gasteiger partial charge in [-0.05, 0) is 18.8 Å². The summed E-state index contributed by atoms with van der Waals surface area (Å²) in [6.45, 7) is 3.33. The van der Waals surface area contributed by atoms with Crippen molar-refractivity contribution in [2.75, 3.05) is 32.8 Å². The monoisotopic (exact) mass is 286 g/mol. The second-order valence-corrected chi connectivity index (χ2v) is 5.50. The van der Waals surface area contributed by atoms with Gasteiger partial charge >= 0.3 is 12.0 Å². The lowest BCUT2D eigenvalue weighted by molar-refractivity contribution is -0.145. The van der Waals surface area contributed by atoms with Crippen LogP contribution in [0, 0.1) is 5.92 Å². The van der Waals surface area contributed by atoms with E-state index in [0.29, 0.717) is 26.2 Å². The normalized spacial score (nSPS) is 31.2. The summed E-state index contributed by atoms with van der Waals surface area (Å²) in [7, 11) is 0. The summed E-state index contributed by atoms with van der Waals surface area (Å²) >= 11 is 0. The maximum atomic E-state index is 12.5. The smallest absolute Gasteiger partial charge is 0.326 e. The molecule has 2 fully saturated rings. The van der Waals surface area contributed by atoms with Gasteiger partial charge in [0.15, 0.2) is 0 Å². The van der Waals surface area contributed by atoms with E-state index in [4.69, 9.17) is 9.84 Å². The van der Waals surface area contributed by atoms with Crippen molar-refractivity contribution in [2.24, 2.45) is 5.92 Å². The third-order valence-corrected chi connectivity index (χ3v) is 4.04. The largest absolute Gasteiger partial charge is 0.480 e. The first-order valence-corrected chi connectivity index (χ1v) is 7.05. The number of rotatable bonds is 2. The second-order valence-electron chi connectivity index (χ2n) is 5.50. The molecule has 2 rings (SSSR count). The zero-order chi connectivity index (χ0) is 14.7. The molecule has 20 heavy (non-hydrogen) atoms. The Morgan fingerprint density at radius 3 is 2.75 bits per heavy atom. The predicted octanol–water partition coefficient (Wildman–Crippen LogP) is -0.0154. The second kappa shape index (κ2) is 6.41. The minimum absolute atomic E-state index is 0.0418. The van der Waals surface area contributed by atoms with Crippen LogP contribution in [-0.4, -0.2) is 77.0 Å². The molecule has 3 atom stereocenters. The Labute approximate surface area is 118 Å². The van der Waals surface area contributed by atoms with Gasteiger partial charge in [0.1, 0.15) is 6.04 Å². The van der Waals surface area contributed by atoms with E-state index in [0.717, 1.165) is 12.8 Å². The van der Waals surface area contributed by atoms with Crippen LogP contribution in [0.1, 0.15) is 19.8 Å². The average Bonchev–Trinajstić information content (AvgIpc) is 2.45. The molecule has 2 heterocycles. The fourth-order valence-corrected chi connectivity index (χ4v) is 2.96. The number of likely N-dealkylation sites (tertiary alicyclic amines) is 1. The lowest BCUT2D eigenvalue weighted by Crippen LogP contribution is -2.58. The number of piperidine rings is 1. The van der Waals surface area contributed by atoms with Gasteiger partial charge in [-0.3, -0.25) is 0 Å². The summed E-state index contributed by atoms with van der Waals surface area (Å²) in [4.78, 5) is 27.0. The number of carboxylic acids is 1. The average molecular weight is 286 g/mol. The van der Waals surface area contributed by atoms with E-state index in [1.165, 1.54) is 4.90 Å². The summed E-state index contributed by atoms with van der Waals surface area (Å²) in [5, 5.41) is 18.5. The summed E-state index contributed by atoms with van der Waals surface area (Å²) in [6.07, 6.45) is 1.27. The molecule has 2 amide bonds. The van der Waals surface area contributed by atoms with Gasteiger partial charge in [0.25, 0.3) is 0 Å². The molecule has 3 unspecified atom stereocenters. The Kier molecular flexibility index (Phi) is 4.82. The van der Waals surface area contributed by atoms with Gasteiger partial charge in [-0.2, -0.15) is 0 Å². The van der Waals surface area contributed by atoms with E-state index in [1.54, 1.807) is 4.90 Å². The Morgan fingerprint density at radius 2 is 2.10 bits per heavy atom. The number of nitrogens with zero attached hydrogens (tertiary/aromatic N) is 2. The van der Waals surface area contributed by atoms with Crippen LogP contribution in [0.4, 0.5) is 4.79 Å². The predicted molar refractivity (Wildman–Crippen MR) is 70.3 cm³/mol. The molecule has 7 nitrogen and oxygen atoms in total. The minimum atomic E-state index is -0.947. The number of aliphatic hydroxyl groups is 1. The molecular formula is C13H22N2O5. The first kappa shape index (κ1) is 15.1. The molecule has 0 aromatic heterocycles. The van der Waals surface area contributed by atoms with Crippen molar-refractivity contribution in [1.29, 1.82) is 0 Å². The summed E-state index contributed by atoms with van der Waals surface area (Å²) in [6, 6.07) is -1.02. The van der Waals surface area contributed by atoms with Crippen LogP contribution >= 0.6 is 0 Å². The summed E-state index contributed by atoms with van der Waals surface area (Å²) in [5.41, 5.74) is 0. The van der Waals surface area contributed by atoms with Crippen LogP contribution in [0.2, 0.25) is 0 Å². The molecule has 2 N–H and O–H groups in total. The molecule has 2 aliphatic heterocycles. The van der Waals surface area contributed by atoms with Crippen LogP contribution in [0.3, 0.4) is 0 Å². The Morgan fingerprint density at radius 1 is 1.35 bits per heavy atom. The SMILES string of the molecule is CC1CCCN(C(=O)N2CCOC(CO)C2)C1C(=O)O. The number of aliphatic carboxylic acids is 1. The number of aliphatic hydroxyl groups excluding tert-OH is 1. The number of hydrogen-bond donors (Lipinski definition) is 2. The van der Waals surface area contributed by atoms with Gasteiger partial charge in [0, 0.05) is 13.1 Å². The van der Waals surface area contributed by atoms with Crippen LogP contribution in [0.25, 0.3) is 0 Å². The molecule has 0 aliphatic carbocycles. The van der Waals surface area contributed by atoms with Gasteiger partial charge in [0.05, 0.1) is 25.9 Å². The summed E-state index contributed by atoms with van der Waals surface area (Å²) in [5.74, 6) is -0.989. The quantitative estimate of drug-likeness (QED) is 0.745. The number of morpholine rings is 1. The molecule has 2 aliphatic rings. The number of carbonyl (C=O) groups is 2. The lowest BCUT2D eigenvalue weighted by Gasteiger charge is -2.42. The van der Waals surface area contributed by atoms with E-state index in [2.05, 4.69) is 0 Å². The molecular weight excluding hydrogens is 264 g/mol. The van der Waals surface area contributed by atoms with Crippen molar-refractivity contribution < 1.29 is 24.5 Å². The van der Waals surface area contributed by atoms with Crippen molar-refractivity contribution >= 4 is 12.0 Å². The molecule has 0 saturated carbocycles. The highest BCUT2D eigenvalue weighted by Gasteiger charge is 2.39. The molecule has 0 spiro atoms. The molecule has 114 valence electrons. The molecule has 2 saturated heterocycles. The molecule has 0 aromatic rings. The van der Waals surface area contributed by atoms with Gasteiger partial charge in [-0.15, -0.1) is 0 Å². The number of amides is 2. The number of carbonyl (C=O) groups excluding carboxylic acids is 1. The van der Waals surface area contributed by atoms with Crippen molar-refractivity contribution in [3.05, 3.63) is 0 Å². The highest BCUT2D eigenvalue weighted by molar-refractivity contribution is 5.83. The maximum absolute atomic E-state index is 12.5. The van der Waals surface area contributed by atoms with E-state index in [1.807, 2.05) is 6.92 Å². The zero-order valence-electron chi connectivity index (χ0n) is 11.7. The fourth-order valence-electron chi connectivity index (χ4n) is 2.96. The Hall–Kier alpha value is -1.34. The number of ether oxygens (including phenoxy) is 1. The standard InChI is InChI=1S/C13H22N2O5/c1-9-3-2-4-15(11(9)12(17)18)13(19)14-5-6-20-10(7-14)8-16/h9-11,16H,2-8H2,1H3,(H,17,18). The number of urea groups is 1. The molecule has 0 bridgehead atoms. The van der Waals surface area contributed by atoms with Crippen LogP contribution in [-0.2, 0) is 9.53 Å². The highest BCUT2D eigenvalue weighted by atomic mass is 16.5. The van der Waals surface area contributed by atoms with E-state index in [9.17, 15) is 14.7 Å².